The Morgan fingerprint density at radius 1 is 1.20 bits per heavy atom. The Kier molecular flexibility index (Phi) is 2.95. The minimum atomic E-state index is -0.346. The van der Waals surface area contributed by atoms with Crippen LogP contribution in [-0.4, -0.2) is 14.8 Å². The van der Waals surface area contributed by atoms with E-state index in [0.29, 0.717) is 22.8 Å². The Morgan fingerprint density at radius 3 is 2.75 bits per heavy atom. The molecule has 0 spiro atoms. The average Bonchev–Trinajstić information content (AvgIpc) is 2.81. The molecule has 2 heterocycles. The first-order valence-electron chi connectivity index (χ1n) is 6.18. The van der Waals surface area contributed by atoms with E-state index in [2.05, 4.69) is 10.1 Å². The number of benzene rings is 1. The molecule has 0 atom stereocenters. The van der Waals surface area contributed by atoms with Crippen LogP contribution in [0.4, 0.5) is 10.1 Å². The maximum absolute atomic E-state index is 13.8. The predicted molar refractivity (Wildman–Crippen MR) is 75.9 cm³/mol. The lowest BCUT2D eigenvalue weighted by Crippen LogP contribution is -1.98. The fourth-order valence-electron chi connectivity index (χ4n) is 2.01. The third-order valence-electron chi connectivity index (χ3n) is 3.01. The van der Waals surface area contributed by atoms with Crippen molar-refractivity contribution in [1.29, 1.82) is 0 Å². The number of nitrogens with zero attached hydrogens (tertiary/aromatic N) is 3. The van der Waals surface area contributed by atoms with Gasteiger partial charge in [-0.2, -0.15) is 5.10 Å². The SMILES string of the molecule is Cc1ccnc(-n2cc(N)c(-c3ccccc3F)n2)c1. The molecule has 5 heteroatoms. The molecule has 2 aromatic heterocycles. The number of halogens is 1. The third kappa shape index (κ3) is 2.14. The van der Waals surface area contributed by atoms with Gasteiger partial charge in [0.1, 0.15) is 11.5 Å². The maximum Gasteiger partial charge on any atom is 0.153 e. The van der Waals surface area contributed by atoms with Crippen molar-refractivity contribution in [3.63, 3.8) is 0 Å². The fourth-order valence-corrected chi connectivity index (χ4v) is 2.01. The van der Waals surface area contributed by atoms with Crippen LogP contribution >= 0.6 is 0 Å². The molecule has 3 aromatic rings. The van der Waals surface area contributed by atoms with Crippen molar-refractivity contribution < 1.29 is 4.39 Å². The van der Waals surface area contributed by atoms with Crippen molar-refractivity contribution in [2.45, 2.75) is 6.92 Å². The molecular weight excluding hydrogens is 255 g/mol. The molecule has 0 saturated heterocycles. The van der Waals surface area contributed by atoms with E-state index < -0.39 is 0 Å². The van der Waals surface area contributed by atoms with Crippen LogP contribution in [0.1, 0.15) is 5.56 Å². The Morgan fingerprint density at radius 2 is 2.00 bits per heavy atom. The lowest BCUT2D eigenvalue weighted by atomic mass is 10.1. The highest BCUT2D eigenvalue weighted by Crippen LogP contribution is 2.27. The molecule has 0 unspecified atom stereocenters. The zero-order valence-corrected chi connectivity index (χ0v) is 10.9. The maximum atomic E-state index is 13.8. The zero-order chi connectivity index (χ0) is 14.1. The first-order valence-corrected chi connectivity index (χ1v) is 6.18. The molecular formula is C15H13FN4. The molecule has 2 N–H and O–H groups in total. The minimum Gasteiger partial charge on any atom is -0.396 e. The van der Waals surface area contributed by atoms with Gasteiger partial charge in [-0.05, 0) is 36.8 Å². The molecule has 0 saturated carbocycles. The number of anilines is 1. The van der Waals surface area contributed by atoms with Gasteiger partial charge < -0.3 is 5.73 Å². The number of pyridine rings is 1. The summed E-state index contributed by atoms with van der Waals surface area (Å²) in [6, 6.07) is 10.2. The summed E-state index contributed by atoms with van der Waals surface area (Å²) in [5.41, 5.74) is 8.23. The van der Waals surface area contributed by atoms with E-state index in [1.807, 2.05) is 19.1 Å². The summed E-state index contributed by atoms with van der Waals surface area (Å²) < 4.78 is 15.4. The highest BCUT2D eigenvalue weighted by molar-refractivity contribution is 5.72. The van der Waals surface area contributed by atoms with Crippen molar-refractivity contribution in [3.05, 3.63) is 60.2 Å². The normalized spacial score (nSPS) is 10.7. The molecule has 0 aliphatic rings. The second kappa shape index (κ2) is 4.77. The largest absolute Gasteiger partial charge is 0.396 e. The Balaban J connectivity index is 2.10. The molecule has 1 aromatic carbocycles. The Hall–Kier alpha value is -2.69. The van der Waals surface area contributed by atoms with E-state index in [1.54, 1.807) is 35.3 Å². The second-order valence-electron chi connectivity index (χ2n) is 4.55. The number of rotatable bonds is 2. The molecule has 0 aliphatic carbocycles. The van der Waals surface area contributed by atoms with Crippen molar-refractivity contribution in [2.75, 3.05) is 5.73 Å². The second-order valence-corrected chi connectivity index (χ2v) is 4.55. The van der Waals surface area contributed by atoms with Gasteiger partial charge in [-0.3, -0.25) is 0 Å². The zero-order valence-electron chi connectivity index (χ0n) is 10.9. The van der Waals surface area contributed by atoms with Crippen LogP contribution in [0.2, 0.25) is 0 Å². The monoisotopic (exact) mass is 268 g/mol. The van der Waals surface area contributed by atoms with Crippen LogP contribution in [0.3, 0.4) is 0 Å². The van der Waals surface area contributed by atoms with Gasteiger partial charge in [-0.25, -0.2) is 14.1 Å². The summed E-state index contributed by atoms with van der Waals surface area (Å²) >= 11 is 0. The molecule has 0 radical (unpaired) electrons. The Bertz CT molecular complexity index is 764. The minimum absolute atomic E-state index is 0.346. The molecule has 0 aliphatic heterocycles. The van der Waals surface area contributed by atoms with Crippen LogP contribution in [0, 0.1) is 12.7 Å². The van der Waals surface area contributed by atoms with Crippen LogP contribution in [0.15, 0.2) is 48.8 Å². The van der Waals surface area contributed by atoms with E-state index in [0.717, 1.165) is 5.56 Å². The summed E-state index contributed by atoms with van der Waals surface area (Å²) in [5, 5.41) is 4.34. The van der Waals surface area contributed by atoms with E-state index in [9.17, 15) is 4.39 Å². The quantitative estimate of drug-likeness (QED) is 0.777. The van der Waals surface area contributed by atoms with Gasteiger partial charge in [0.15, 0.2) is 5.82 Å². The van der Waals surface area contributed by atoms with Crippen molar-refractivity contribution >= 4 is 5.69 Å². The van der Waals surface area contributed by atoms with Crippen molar-refractivity contribution in [1.82, 2.24) is 14.8 Å². The van der Waals surface area contributed by atoms with E-state index >= 15 is 0 Å². The van der Waals surface area contributed by atoms with Gasteiger partial charge >= 0.3 is 0 Å². The molecule has 0 amide bonds. The number of hydrogen-bond acceptors (Lipinski definition) is 3. The number of aromatic nitrogens is 3. The highest BCUT2D eigenvalue weighted by Gasteiger charge is 2.13. The molecule has 0 bridgehead atoms. The van der Waals surface area contributed by atoms with E-state index in [4.69, 9.17) is 5.73 Å². The predicted octanol–water partition coefficient (Wildman–Crippen LogP) is 2.96. The van der Waals surface area contributed by atoms with E-state index in [1.165, 1.54) is 6.07 Å². The standard InChI is InChI=1S/C15H13FN4/c1-10-6-7-18-14(8-10)20-9-13(17)15(19-20)11-4-2-3-5-12(11)16/h2-9H,17H2,1H3. The van der Waals surface area contributed by atoms with Gasteiger partial charge in [0.25, 0.3) is 0 Å². The van der Waals surface area contributed by atoms with Crippen LogP contribution in [0.5, 0.6) is 0 Å². The fraction of sp³-hybridized carbons (Fsp3) is 0.0667. The number of hydrogen-bond donors (Lipinski definition) is 1. The molecule has 3 rings (SSSR count). The lowest BCUT2D eigenvalue weighted by molar-refractivity contribution is 0.630. The summed E-state index contributed by atoms with van der Waals surface area (Å²) in [7, 11) is 0. The average molecular weight is 268 g/mol. The van der Waals surface area contributed by atoms with Gasteiger partial charge in [0.2, 0.25) is 0 Å². The molecule has 0 fully saturated rings. The first kappa shape index (κ1) is 12.3. The van der Waals surface area contributed by atoms with Crippen molar-refractivity contribution in [2.24, 2.45) is 0 Å². The van der Waals surface area contributed by atoms with Crippen molar-refractivity contribution in [3.8, 4) is 17.1 Å². The summed E-state index contributed by atoms with van der Waals surface area (Å²) in [4.78, 5) is 4.23. The number of nitrogen functional groups attached to an aromatic ring is 1. The number of aryl methyl sites for hydroxylation is 1. The number of nitrogens with two attached hydrogens (primary N) is 1. The first-order chi connectivity index (χ1) is 9.65. The van der Waals surface area contributed by atoms with Gasteiger partial charge in [-0.15, -0.1) is 0 Å². The van der Waals surface area contributed by atoms with Gasteiger partial charge in [0, 0.05) is 11.8 Å². The highest BCUT2D eigenvalue weighted by atomic mass is 19.1. The molecule has 20 heavy (non-hydrogen) atoms. The topological polar surface area (TPSA) is 56.7 Å². The van der Waals surface area contributed by atoms with Gasteiger partial charge in [0.05, 0.1) is 11.9 Å². The van der Waals surface area contributed by atoms with Gasteiger partial charge in [-0.1, -0.05) is 12.1 Å². The summed E-state index contributed by atoms with van der Waals surface area (Å²) in [6.07, 6.45) is 3.34. The summed E-state index contributed by atoms with van der Waals surface area (Å²) in [6.45, 7) is 1.97. The molecule has 100 valence electrons. The lowest BCUT2D eigenvalue weighted by Gasteiger charge is -2.01. The summed E-state index contributed by atoms with van der Waals surface area (Å²) in [5.74, 6) is 0.306. The molecule has 4 nitrogen and oxygen atoms in total. The van der Waals surface area contributed by atoms with Crippen LogP contribution in [-0.2, 0) is 0 Å². The van der Waals surface area contributed by atoms with E-state index in [-0.39, 0.29) is 5.82 Å². The smallest absolute Gasteiger partial charge is 0.153 e. The van der Waals surface area contributed by atoms with Crippen LogP contribution in [0.25, 0.3) is 17.1 Å². The third-order valence-corrected chi connectivity index (χ3v) is 3.01. The van der Waals surface area contributed by atoms with Crippen LogP contribution < -0.4 is 5.73 Å². The Labute approximate surface area is 115 Å².